The summed E-state index contributed by atoms with van der Waals surface area (Å²) in [7, 11) is 0. The van der Waals surface area contributed by atoms with Crippen LogP contribution in [0.1, 0.15) is 31.0 Å². The van der Waals surface area contributed by atoms with Gasteiger partial charge in [0.25, 0.3) is 0 Å². The topological polar surface area (TPSA) is 21.3 Å². The summed E-state index contributed by atoms with van der Waals surface area (Å²) >= 11 is 3.52. The number of rotatable bonds is 5. The van der Waals surface area contributed by atoms with Crippen LogP contribution in [0.4, 0.5) is 4.39 Å². The monoisotopic (exact) mass is 351 g/mol. The molecule has 2 rings (SSSR count). The van der Waals surface area contributed by atoms with Crippen molar-refractivity contribution < 1.29 is 9.13 Å². The number of ether oxygens (including phenoxy) is 1. The van der Waals surface area contributed by atoms with Crippen molar-refractivity contribution >= 4 is 15.9 Å². The molecule has 0 saturated carbocycles. The molecule has 0 fully saturated rings. The molecule has 2 aromatic rings. The Morgan fingerprint density at radius 3 is 2.62 bits per heavy atom. The molecule has 112 valence electrons. The molecule has 0 radical (unpaired) electrons. The van der Waals surface area contributed by atoms with Crippen molar-refractivity contribution in [2.24, 2.45) is 0 Å². The van der Waals surface area contributed by atoms with Crippen molar-refractivity contribution in [3.63, 3.8) is 0 Å². The quantitative estimate of drug-likeness (QED) is 0.782. The minimum absolute atomic E-state index is 0.274. The van der Waals surface area contributed by atoms with Gasteiger partial charge in [0.05, 0.1) is 4.47 Å². The van der Waals surface area contributed by atoms with E-state index in [1.807, 2.05) is 25.1 Å². The van der Waals surface area contributed by atoms with Crippen molar-refractivity contribution in [3.05, 3.63) is 57.8 Å². The number of nitrogens with one attached hydrogen (secondary N) is 1. The van der Waals surface area contributed by atoms with Crippen LogP contribution in [0.25, 0.3) is 0 Å². The molecule has 0 amide bonds. The third kappa shape index (κ3) is 4.05. The molecule has 0 aromatic heterocycles. The van der Waals surface area contributed by atoms with Crippen LogP contribution in [0.2, 0.25) is 0 Å². The minimum Gasteiger partial charge on any atom is -0.456 e. The van der Waals surface area contributed by atoms with Gasteiger partial charge in [0, 0.05) is 12.1 Å². The van der Waals surface area contributed by atoms with Crippen LogP contribution in [-0.2, 0) is 0 Å². The van der Waals surface area contributed by atoms with Gasteiger partial charge >= 0.3 is 0 Å². The SMILES string of the molecule is CCNC(C)c1ccc(Oc2cc(F)ccc2C)c(Br)c1. The fourth-order valence-electron chi connectivity index (χ4n) is 2.10. The highest BCUT2D eigenvalue weighted by atomic mass is 79.9. The second kappa shape index (κ2) is 7.05. The van der Waals surface area contributed by atoms with E-state index in [0.29, 0.717) is 11.5 Å². The van der Waals surface area contributed by atoms with E-state index in [2.05, 4.69) is 35.1 Å². The summed E-state index contributed by atoms with van der Waals surface area (Å²) in [4.78, 5) is 0. The zero-order chi connectivity index (χ0) is 15.4. The number of hydrogen-bond acceptors (Lipinski definition) is 2. The maximum absolute atomic E-state index is 13.3. The van der Waals surface area contributed by atoms with Gasteiger partial charge in [-0.15, -0.1) is 0 Å². The first-order valence-electron chi connectivity index (χ1n) is 6.98. The average Bonchev–Trinajstić information content (AvgIpc) is 2.45. The average molecular weight is 352 g/mol. The zero-order valence-electron chi connectivity index (χ0n) is 12.4. The highest BCUT2D eigenvalue weighted by molar-refractivity contribution is 9.10. The fourth-order valence-corrected chi connectivity index (χ4v) is 2.57. The normalized spacial score (nSPS) is 12.2. The first-order valence-corrected chi connectivity index (χ1v) is 7.77. The van der Waals surface area contributed by atoms with Gasteiger partial charge in [0.15, 0.2) is 0 Å². The van der Waals surface area contributed by atoms with Gasteiger partial charge in [-0.3, -0.25) is 0 Å². The second-order valence-electron chi connectivity index (χ2n) is 4.98. The second-order valence-corrected chi connectivity index (χ2v) is 5.84. The highest BCUT2D eigenvalue weighted by Gasteiger charge is 2.10. The summed E-state index contributed by atoms with van der Waals surface area (Å²) in [6, 6.07) is 10.8. The molecule has 4 heteroatoms. The van der Waals surface area contributed by atoms with Crippen molar-refractivity contribution in [1.29, 1.82) is 0 Å². The molecule has 0 heterocycles. The largest absolute Gasteiger partial charge is 0.456 e. The number of benzene rings is 2. The number of aryl methyl sites for hydroxylation is 1. The summed E-state index contributed by atoms with van der Waals surface area (Å²) in [5.74, 6) is 0.906. The molecular formula is C17H19BrFNO. The van der Waals surface area contributed by atoms with Gasteiger partial charge in [-0.05, 0) is 65.6 Å². The lowest BCUT2D eigenvalue weighted by Crippen LogP contribution is -2.17. The highest BCUT2D eigenvalue weighted by Crippen LogP contribution is 2.33. The molecule has 2 aromatic carbocycles. The first kappa shape index (κ1) is 16.0. The molecule has 0 aliphatic rings. The minimum atomic E-state index is -0.302. The van der Waals surface area contributed by atoms with E-state index in [-0.39, 0.29) is 11.9 Å². The summed E-state index contributed by atoms with van der Waals surface area (Å²) < 4.78 is 20.0. The Morgan fingerprint density at radius 1 is 1.19 bits per heavy atom. The summed E-state index contributed by atoms with van der Waals surface area (Å²) in [5.41, 5.74) is 2.07. The van der Waals surface area contributed by atoms with Gasteiger partial charge < -0.3 is 10.1 Å². The molecule has 0 bridgehead atoms. The zero-order valence-corrected chi connectivity index (χ0v) is 14.0. The Hall–Kier alpha value is -1.39. The van der Waals surface area contributed by atoms with Crippen LogP contribution in [0.15, 0.2) is 40.9 Å². The predicted molar refractivity (Wildman–Crippen MR) is 87.4 cm³/mol. The Labute approximate surface area is 133 Å². The Morgan fingerprint density at radius 2 is 1.95 bits per heavy atom. The van der Waals surface area contributed by atoms with Gasteiger partial charge in [-0.1, -0.05) is 19.1 Å². The van der Waals surface area contributed by atoms with Crippen LogP contribution >= 0.6 is 15.9 Å². The van der Waals surface area contributed by atoms with E-state index in [1.165, 1.54) is 17.7 Å². The Balaban J connectivity index is 2.23. The molecule has 21 heavy (non-hydrogen) atoms. The molecule has 0 saturated heterocycles. The maximum atomic E-state index is 13.3. The first-order chi connectivity index (χ1) is 10.0. The van der Waals surface area contributed by atoms with E-state index < -0.39 is 0 Å². The standard InChI is InChI=1S/C17H19BrFNO/c1-4-20-12(3)13-6-8-16(15(18)9-13)21-17-10-14(19)7-5-11(17)2/h5-10,12,20H,4H2,1-3H3. The van der Waals surface area contributed by atoms with Crippen LogP contribution in [0.5, 0.6) is 11.5 Å². The number of hydrogen-bond donors (Lipinski definition) is 1. The maximum Gasteiger partial charge on any atom is 0.141 e. The molecule has 0 aliphatic heterocycles. The summed E-state index contributed by atoms with van der Waals surface area (Å²) in [5, 5.41) is 3.36. The number of halogens is 2. The van der Waals surface area contributed by atoms with Crippen molar-refractivity contribution in [3.8, 4) is 11.5 Å². The van der Waals surface area contributed by atoms with E-state index in [0.717, 1.165) is 16.6 Å². The van der Waals surface area contributed by atoms with Gasteiger partial charge in [-0.2, -0.15) is 0 Å². The van der Waals surface area contributed by atoms with Crippen LogP contribution in [0, 0.1) is 12.7 Å². The summed E-state index contributed by atoms with van der Waals surface area (Å²) in [6.45, 7) is 7.00. The van der Waals surface area contributed by atoms with E-state index >= 15 is 0 Å². The molecule has 1 unspecified atom stereocenters. The van der Waals surface area contributed by atoms with Crippen molar-refractivity contribution in [1.82, 2.24) is 5.32 Å². The molecule has 0 aliphatic carbocycles. The third-order valence-electron chi connectivity index (χ3n) is 3.34. The third-order valence-corrected chi connectivity index (χ3v) is 3.96. The van der Waals surface area contributed by atoms with Crippen molar-refractivity contribution in [2.75, 3.05) is 6.54 Å². The van der Waals surface area contributed by atoms with Crippen molar-refractivity contribution in [2.45, 2.75) is 26.8 Å². The molecule has 0 spiro atoms. The summed E-state index contributed by atoms with van der Waals surface area (Å²) in [6.07, 6.45) is 0. The molecule has 1 atom stereocenters. The lowest BCUT2D eigenvalue weighted by atomic mass is 10.1. The van der Waals surface area contributed by atoms with Gasteiger partial charge in [-0.25, -0.2) is 4.39 Å². The fraction of sp³-hybridized carbons (Fsp3) is 0.294. The lowest BCUT2D eigenvalue weighted by molar-refractivity contribution is 0.469. The smallest absolute Gasteiger partial charge is 0.141 e. The Bertz CT molecular complexity index is 630. The lowest BCUT2D eigenvalue weighted by Gasteiger charge is -2.15. The predicted octanol–water partition coefficient (Wildman–Crippen LogP) is 5.36. The Kier molecular flexibility index (Phi) is 5.37. The van der Waals surface area contributed by atoms with Crippen LogP contribution < -0.4 is 10.1 Å². The van der Waals surface area contributed by atoms with E-state index in [4.69, 9.17) is 4.74 Å². The molecule has 2 nitrogen and oxygen atoms in total. The van der Waals surface area contributed by atoms with Gasteiger partial charge in [0.2, 0.25) is 0 Å². The van der Waals surface area contributed by atoms with E-state index in [9.17, 15) is 4.39 Å². The molecule has 1 N–H and O–H groups in total. The van der Waals surface area contributed by atoms with Crippen LogP contribution in [-0.4, -0.2) is 6.54 Å². The van der Waals surface area contributed by atoms with E-state index in [1.54, 1.807) is 6.07 Å². The van der Waals surface area contributed by atoms with Gasteiger partial charge in [0.1, 0.15) is 17.3 Å². The van der Waals surface area contributed by atoms with Crippen LogP contribution in [0.3, 0.4) is 0 Å². The molecular weight excluding hydrogens is 333 g/mol.